The molecule has 2 N–H and O–H groups in total. The highest BCUT2D eigenvalue weighted by molar-refractivity contribution is 8.26. The largest absolute Gasteiger partial charge is 0.508 e. The zero-order valence-electron chi connectivity index (χ0n) is 12.4. The number of carbonyl (C=O) groups excluding carboxylic acids is 1. The highest BCUT2D eigenvalue weighted by Gasteiger charge is 2.31. The van der Waals surface area contributed by atoms with Gasteiger partial charge in [0.1, 0.15) is 10.1 Å². The maximum atomic E-state index is 12.5. The first-order valence-corrected chi connectivity index (χ1v) is 8.67. The number of aromatic hydroxyl groups is 1. The van der Waals surface area contributed by atoms with E-state index >= 15 is 0 Å². The molecule has 2 aromatic carbocycles. The van der Waals surface area contributed by atoms with Crippen LogP contribution in [0.5, 0.6) is 5.75 Å². The van der Waals surface area contributed by atoms with E-state index in [1.54, 1.807) is 42.5 Å². The number of thioether (sulfide) groups is 1. The number of phenols is 1. The number of carbonyl (C=O) groups is 1. The zero-order valence-corrected chi connectivity index (χ0v) is 14.8. The van der Waals surface area contributed by atoms with Crippen molar-refractivity contribution in [3.8, 4) is 5.75 Å². The van der Waals surface area contributed by atoms with Gasteiger partial charge in [0.15, 0.2) is 0 Å². The summed E-state index contributed by atoms with van der Waals surface area (Å²) < 4.78 is 0.506. The number of hydrogen-bond donors (Lipinski definition) is 2. The van der Waals surface area contributed by atoms with E-state index in [1.165, 1.54) is 16.7 Å². The molecular formula is C17H13ClN2O2S2. The molecule has 0 atom stereocenters. The lowest BCUT2D eigenvalue weighted by Crippen LogP contribution is -2.33. The monoisotopic (exact) mass is 376 g/mol. The summed E-state index contributed by atoms with van der Waals surface area (Å²) in [5.41, 5.74) is 1.69. The molecule has 2 aromatic rings. The smallest absolute Gasteiger partial charge is 0.267 e. The summed E-state index contributed by atoms with van der Waals surface area (Å²) in [4.78, 5) is 14.6. The molecule has 1 heterocycles. The van der Waals surface area contributed by atoms with Gasteiger partial charge in [-0.3, -0.25) is 9.69 Å². The van der Waals surface area contributed by atoms with Crippen LogP contribution in [0.2, 0.25) is 5.02 Å². The Morgan fingerprint density at radius 2 is 1.83 bits per heavy atom. The van der Waals surface area contributed by atoms with Gasteiger partial charge in [0.2, 0.25) is 0 Å². The van der Waals surface area contributed by atoms with Crippen LogP contribution in [0.25, 0.3) is 6.08 Å². The first kappa shape index (κ1) is 16.8. The second-order valence-electron chi connectivity index (χ2n) is 5.04. The molecule has 0 bridgehead atoms. The van der Waals surface area contributed by atoms with Gasteiger partial charge < -0.3 is 10.4 Å². The fourth-order valence-electron chi connectivity index (χ4n) is 2.10. The SMILES string of the molecule is O=C1/C(=C/c2ccc(O)cc2)SC(=S)N1CNc1ccc(Cl)cc1. The van der Waals surface area contributed by atoms with Crippen molar-refractivity contribution in [1.29, 1.82) is 0 Å². The summed E-state index contributed by atoms with van der Waals surface area (Å²) in [7, 11) is 0. The first-order chi connectivity index (χ1) is 11.5. The Labute approximate surface area is 154 Å². The zero-order chi connectivity index (χ0) is 17.1. The minimum Gasteiger partial charge on any atom is -0.508 e. The molecule has 4 nitrogen and oxygen atoms in total. The predicted octanol–water partition coefficient (Wildman–Crippen LogP) is 4.32. The van der Waals surface area contributed by atoms with Crippen LogP contribution in [-0.2, 0) is 4.79 Å². The maximum absolute atomic E-state index is 12.5. The Morgan fingerprint density at radius 3 is 2.50 bits per heavy atom. The molecule has 1 aliphatic heterocycles. The third-order valence-electron chi connectivity index (χ3n) is 3.35. The highest BCUT2D eigenvalue weighted by Crippen LogP contribution is 2.32. The van der Waals surface area contributed by atoms with Crippen molar-refractivity contribution in [1.82, 2.24) is 4.90 Å². The summed E-state index contributed by atoms with van der Waals surface area (Å²) in [5, 5.41) is 13.1. The number of halogens is 1. The number of hydrogen-bond acceptors (Lipinski definition) is 5. The Morgan fingerprint density at radius 1 is 1.17 bits per heavy atom. The molecule has 3 rings (SSSR count). The average molecular weight is 377 g/mol. The van der Waals surface area contributed by atoms with Gasteiger partial charge in [-0.15, -0.1) is 0 Å². The Bertz CT molecular complexity index is 804. The molecule has 24 heavy (non-hydrogen) atoms. The van der Waals surface area contributed by atoms with Gasteiger partial charge in [0.25, 0.3) is 5.91 Å². The van der Waals surface area contributed by atoms with Crippen LogP contribution in [0.1, 0.15) is 5.56 Å². The standard InChI is InChI=1S/C17H13ClN2O2S2/c18-12-3-5-13(6-4-12)19-10-20-16(22)15(24-17(20)23)9-11-1-7-14(21)8-2-11/h1-9,19,21H,10H2/b15-9-. The van der Waals surface area contributed by atoms with Gasteiger partial charge in [-0.05, 0) is 48.0 Å². The van der Waals surface area contributed by atoms with Crippen molar-refractivity contribution in [3.05, 3.63) is 64.0 Å². The maximum Gasteiger partial charge on any atom is 0.267 e. The number of nitrogens with one attached hydrogen (secondary N) is 1. The van der Waals surface area contributed by atoms with Gasteiger partial charge in [-0.25, -0.2) is 0 Å². The van der Waals surface area contributed by atoms with Crippen LogP contribution in [0.3, 0.4) is 0 Å². The second-order valence-corrected chi connectivity index (χ2v) is 7.16. The summed E-state index contributed by atoms with van der Waals surface area (Å²) >= 11 is 12.4. The van der Waals surface area contributed by atoms with Crippen molar-refractivity contribution in [2.75, 3.05) is 12.0 Å². The van der Waals surface area contributed by atoms with E-state index in [1.807, 2.05) is 12.1 Å². The van der Waals surface area contributed by atoms with Crippen LogP contribution in [0, 0.1) is 0 Å². The fraction of sp³-hybridized carbons (Fsp3) is 0.0588. The van der Waals surface area contributed by atoms with E-state index in [4.69, 9.17) is 23.8 Å². The van der Waals surface area contributed by atoms with Gasteiger partial charge in [0, 0.05) is 10.7 Å². The van der Waals surface area contributed by atoms with E-state index < -0.39 is 0 Å². The lowest BCUT2D eigenvalue weighted by Gasteiger charge is -2.16. The minimum atomic E-state index is -0.139. The van der Waals surface area contributed by atoms with E-state index in [9.17, 15) is 9.90 Å². The predicted molar refractivity (Wildman–Crippen MR) is 103 cm³/mol. The molecule has 1 amide bonds. The molecule has 0 unspecified atom stereocenters. The topological polar surface area (TPSA) is 52.6 Å². The Balaban J connectivity index is 1.69. The van der Waals surface area contributed by atoms with E-state index in [0.29, 0.717) is 20.9 Å². The summed E-state index contributed by atoms with van der Waals surface area (Å²) in [6.45, 7) is 0.291. The number of anilines is 1. The highest BCUT2D eigenvalue weighted by atomic mass is 35.5. The fourth-order valence-corrected chi connectivity index (χ4v) is 3.48. The van der Waals surface area contributed by atoms with Crippen LogP contribution in [0.4, 0.5) is 5.69 Å². The van der Waals surface area contributed by atoms with Crippen LogP contribution in [-0.4, -0.2) is 26.9 Å². The number of benzene rings is 2. The van der Waals surface area contributed by atoms with Crippen molar-refractivity contribution in [2.24, 2.45) is 0 Å². The van der Waals surface area contributed by atoms with Crippen molar-refractivity contribution >= 4 is 57.6 Å². The van der Waals surface area contributed by atoms with Gasteiger partial charge in [-0.2, -0.15) is 0 Å². The van der Waals surface area contributed by atoms with Crippen molar-refractivity contribution in [3.63, 3.8) is 0 Å². The number of phenolic OH excluding ortho intramolecular Hbond substituents is 1. The van der Waals surface area contributed by atoms with E-state index in [-0.39, 0.29) is 11.7 Å². The molecular weight excluding hydrogens is 364 g/mol. The number of thiocarbonyl (C=S) groups is 1. The molecule has 0 radical (unpaired) electrons. The van der Waals surface area contributed by atoms with Crippen LogP contribution in [0.15, 0.2) is 53.4 Å². The lowest BCUT2D eigenvalue weighted by atomic mass is 10.2. The summed E-state index contributed by atoms with van der Waals surface area (Å²) in [6.07, 6.45) is 1.76. The van der Waals surface area contributed by atoms with E-state index in [0.717, 1.165) is 11.3 Å². The van der Waals surface area contributed by atoms with Gasteiger partial charge in [0.05, 0.1) is 11.6 Å². The van der Waals surface area contributed by atoms with E-state index in [2.05, 4.69) is 5.32 Å². The van der Waals surface area contributed by atoms with Crippen LogP contribution < -0.4 is 5.32 Å². The Hall–Kier alpha value is -2.02. The lowest BCUT2D eigenvalue weighted by molar-refractivity contribution is -0.121. The number of amides is 1. The van der Waals surface area contributed by atoms with Crippen molar-refractivity contribution < 1.29 is 9.90 Å². The molecule has 1 fully saturated rings. The van der Waals surface area contributed by atoms with Gasteiger partial charge >= 0.3 is 0 Å². The third-order valence-corrected chi connectivity index (χ3v) is 4.98. The second kappa shape index (κ2) is 7.25. The molecule has 0 aliphatic carbocycles. The quantitative estimate of drug-likeness (QED) is 0.615. The number of nitrogens with zero attached hydrogens (tertiary/aromatic N) is 1. The van der Waals surface area contributed by atoms with Crippen LogP contribution >= 0.6 is 35.6 Å². The molecule has 0 spiro atoms. The molecule has 1 saturated heterocycles. The molecule has 7 heteroatoms. The Kier molecular flexibility index (Phi) is 5.08. The first-order valence-electron chi connectivity index (χ1n) is 7.07. The minimum absolute atomic E-state index is 0.139. The molecule has 0 aromatic heterocycles. The van der Waals surface area contributed by atoms with Gasteiger partial charge in [-0.1, -0.05) is 47.7 Å². The normalized spacial score (nSPS) is 16.0. The summed E-state index contributed by atoms with van der Waals surface area (Å²) in [6, 6.07) is 13.9. The summed E-state index contributed by atoms with van der Waals surface area (Å²) in [5.74, 6) is 0.0476. The van der Waals surface area contributed by atoms with Crippen molar-refractivity contribution in [2.45, 2.75) is 0 Å². The molecule has 1 aliphatic rings. The molecule has 0 saturated carbocycles. The molecule has 122 valence electrons. The average Bonchev–Trinajstić information content (AvgIpc) is 2.83. The number of rotatable bonds is 4. The third kappa shape index (κ3) is 3.90.